The Hall–Kier alpha value is -3.87. The van der Waals surface area contributed by atoms with E-state index in [9.17, 15) is 35.5 Å². The topological polar surface area (TPSA) is 59.8 Å². The van der Waals surface area contributed by atoms with Gasteiger partial charge in [0.15, 0.2) is 11.0 Å². The molecule has 13 heteroatoms. The molecule has 198 valence electrons. The second-order valence-corrected chi connectivity index (χ2v) is 9.03. The zero-order valence-corrected chi connectivity index (χ0v) is 20.2. The fourth-order valence-corrected chi connectivity index (χ4v) is 4.21. The van der Waals surface area contributed by atoms with Crippen LogP contribution in [0.1, 0.15) is 16.7 Å². The van der Waals surface area contributed by atoms with Gasteiger partial charge in [0.1, 0.15) is 5.82 Å². The highest BCUT2D eigenvalue weighted by molar-refractivity contribution is 7.99. The van der Waals surface area contributed by atoms with Crippen molar-refractivity contribution >= 4 is 23.4 Å². The van der Waals surface area contributed by atoms with Crippen LogP contribution in [0, 0.1) is 12.7 Å². The third-order valence-corrected chi connectivity index (χ3v) is 6.17. The summed E-state index contributed by atoms with van der Waals surface area (Å²) in [5.74, 6) is -1.73. The van der Waals surface area contributed by atoms with Crippen LogP contribution in [0.2, 0.25) is 0 Å². The Labute approximate surface area is 215 Å². The minimum atomic E-state index is -5.05. The van der Waals surface area contributed by atoms with Gasteiger partial charge in [-0.05, 0) is 49.4 Å². The predicted octanol–water partition coefficient (Wildman–Crippen LogP) is 7.15. The highest BCUT2D eigenvalue weighted by Gasteiger charge is 2.37. The van der Waals surface area contributed by atoms with Crippen molar-refractivity contribution in [2.24, 2.45) is 0 Å². The summed E-state index contributed by atoms with van der Waals surface area (Å²) in [7, 11) is 0. The molecule has 3 aromatic carbocycles. The summed E-state index contributed by atoms with van der Waals surface area (Å²) < 4.78 is 94.7. The number of amides is 1. The van der Waals surface area contributed by atoms with E-state index in [4.69, 9.17) is 0 Å². The van der Waals surface area contributed by atoms with Gasteiger partial charge in [-0.1, -0.05) is 41.6 Å². The number of carbonyl (C=O) groups is 1. The van der Waals surface area contributed by atoms with Crippen molar-refractivity contribution in [3.8, 4) is 17.1 Å². The number of halogens is 7. The van der Waals surface area contributed by atoms with Gasteiger partial charge in [0.25, 0.3) is 0 Å². The number of benzene rings is 3. The molecule has 0 bridgehead atoms. The lowest BCUT2D eigenvalue weighted by Crippen LogP contribution is -2.17. The predicted molar refractivity (Wildman–Crippen MR) is 127 cm³/mol. The minimum absolute atomic E-state index is 0.0291. The molecule has 0 aliphatic rings. The number of hydrogen-bond acceptors (Lipinski definition) is 4. The summed E-state index contributed by atoms with van der Waals surface area (Å²) in [6.07, 6.45) is -10.1. The Balaban J connectivity index is 1.61. The van der Waals surface area contributed by atoms with E-state index >= 15 is 0 Å². The van der Waals surface area contributed by atoms with Crippen molar-refractivity contribution in [3.63, 3.8) is 0 Å². The number of anilines is 1. The number of nitrogens with one attached hydrogen (secondary N) is 1. The number of thioether (sulfide) groups is 1. The van der Waals surface area contributed by atoms with E-state index in [1.807, 2.05) is 6.92 Å². The van der Waals surface area contributed by atoms with E-state index in [1.54, 1.807) is 30.3 Å². The fraction of sp³-hybridized carbons (Fsp3) is 0.160. The number of aryl methyl sites for hydroxylation is 1. The average Bonchev–Trinajstić information content (AvgIpc) is 3.26. The van der Waals surface area contributed by atoms with E-state index in [0.29, 0.717) is 17.8 Å². The molecule has 1 amide bonds. The maximum Gasteiger partial charge on any atom is 0.416 e. The Kier molecular flexibility index (Phi) is 7.49. The summed E-state index contributed by atoms with van der Waals surface area (Å²) in [6.45, 7) is 1.87. The van der Waals surface area contributed by atoms with Crippen molar-refractivity contribution in [1.82, 2.24) is 14.8 Å². The van der Waals surface area contributed by atoms with Crippen molar-refractivity contribution in [3.05, 3.63) is 89.2 Å². The van der Waals surface area contributed by atoms with Gasteiger partial charge < -0.3 is 5.32 Å². The standard InChI is InChI=1S/C25H17F7N4OS/c1-14-6-8-18(9-7-14)36-22(19-4-2-3-5-20(19)26)34-35-23(36)38-13-21(37)33-17-11-15(24(27,28)29)10-16(12-17)25(30,31)32/h2-12H,13H2,1H3,(H,33,37). The van der Waals surface area contributed by atoms with Crippen LogP contribution in [-0.2, 0) is 17.1 Å². The first-order chi connectivity index (χ1) is 17.8. The fourth-order valence-electron chi connectivity index (χ4n) is 3.46. The van der Waals surface area contributed by atoms with Crippen molar-refractivity contribution in [1.29, 1.82) is 0 Å². The quantitative estimate of drug-likeness (QED) is 0.203. The zero-order valence-electron chi connectivity index (χ0n) is 19.4. The highest BCUT2D eigenvalue weighted by atomic mass is 32.2. The molecule has 0 atom stereocenters. The van der Waals surface area contributed by atoms with Gasteiger partial charge in [-0.25, -0.2) is 4.39 Å². The molecular formula is C25H17F7N4OS. The Morgan fingerprint density at radius 1 is 0.895 bits per heavy atom. The molecular weight excluding hydrogens is 537 g/mol. The van der Waals surface area contributed by atoms with Crippen LogP contribution in [0.3, 0.4) is 0 Å². The smallest absolute Gasteiger partial charge is 0.325 e. The molecule has 0 aliphatic carbocycles. The summed E-state index contributed by atoms with van der Waals surface area (Å²) in [4.78, 5) is 12.5. The molecule has 0 unspecified atom stereocenters. The van der Waals surface area contributed by atoms with Crippen LogP contribution in [0.15, 0.2) is 71.9 Å². The third-order valence-electron chi connectivity index (χ3n) is 5.24. The molecule has 0 radical (unpaired) electrons. The molecule has 1 N–H and O–H groups in total. The second kappa shape index (κ2) is 10.5. The normalized spacial score (nSPS) is 12.0. The third kappa shape index (κ3) is 6.15. The summed E-state index contributed by atoms with van der Waals surface area (Å²) in [6, 6.07) is 13.7. The van der Waals surface area contributed by atoms with Crippen molar-refractivity contribution in [2.75, 3.05) is 11.1 Å². The monoisotopic (exact) mass is 554 g/mol. The van der Waals surface area contributed by atoms with Gasteiger partial charge >= 0.3 is 12.4 Å². The molecule has 0 fully saturated rings. The van der Waals surface area contributed by atoms with Gasteiger partial charge in [0, 0.05) is 11.4 Å². The Morgan fingerprint density at radius 3 is 2.08 bits per heavy atom. The second-order valence-electron chi connectivity index (χ2n) is 8.09. The van der Waals surface area contributed by atoms with Crippen LogP contribution in [0.4, 0.5) is 36.4 Å². The number of nitrogens with zero attached hydrogens (tertiary/aromatic N) is 3. The number of carbonyl (C=O) groups excluding carboxylic acids is 1. The molecule has 1 heterocycles. The number of alkyl halides is 6. The minimum Gasteiger partial charge on any atom is -0.325 e. The van der Waals surface area contributed by atoms with Crippen LogP contribution in [0.5, 0.6) is 0 Å². The van der Waals surface area contributed by atoms with Crippen LogP contribution >= 0.6 is 11.8 Å². The van der Waals surface area contributed by atoms with E-state index in [1.165, 1.54) is 22.8 Å². The maximum atomic E-state index is 14.5. The molecule has 0 saturated carbocycles. The van der Waals surface area contributed by atoms with Crippen LogP contribution in [0.25, 0.3) is 17.1 Å². The zero-order chi connectivity index (χ0) is 27.7. The summed E-state index contributed by atoms with van der Waals surface area (Å²) >= 11 is 0.825. The number of rotatable bonds is 6. The lowest BCUT2D eigenvalue weighted by molar-refractivity contribution is -0.143. The molecule has 38 heavy (non-hydrogen) atoms. The van der Waals surface area contributed by atoms with Gasteiger partial charge in [0.05, 0.1) is 22.4 Å². The molecule has 0 saturated heterocycles. The molecule has 4 rings (SSSR count). The molecule has 0 spiro atoms. The number of hydrogen-bond donors (Lipinski definition) is 1. The molecule has 0 aliphatic heterocycles. The van der Waals surface area contributed by atoms with Crippen molar-refractivity contribution < 1.29 is 35.5 Å². The van der Waals surface area contributed by atoms with Crippen LogP contribution < -0.4 is 5.32 Å². The highest BCUT2D eigenvalue weighted by Crippen LogP contribution is 2.37. The molecule has 1 aromatic heterocycles. The van der Waals surface area contributed by atoms with Gasteiger partial charge in [-0.2, -0.15) is 26.3 Å². The van der Waals surface area contributed by atoms with E-state index in [2.05, 4.69) is 15.5 Å². The van der Waals surface area contributed by atoms with E-state index in [-0.39, 0.29) is 22.6 Å². The average molecular weight is 554 g/mol. The van der Waals surface area contributed by atoms with Gasteiger partial charge in [-0.3, -0.25) is 9.36 Å². The lowest BCUT2D eigenvalue weighted by Gasteiger charge is -2.15. The molecule has 5 nitrogen and oxygen atoms in total. The lowest BCUT2D eigenvalue weighted by atomic mass is 10.1. The number of aromatic nitrogens is 3. The Morgan fingerprint density at radius 2 is 1.50 bits per heavy atom. The van der Waals surface area contributed by atoms with E-state index in [0.717, 1.165) is 17.3 Å². The first-order valence-corrected chi connectivity index (χ1v) is 11.8. The first kappa shape index (κ1) is 27.2. The summed E-state index contributed by atoms with van der Waals surface area (Å²) in [5.41, 5.74) is -2.13. The van der Waals surface area contributed by atoms with E-state index < -0.39 is 46.6 Å². The van der Waals surface area contributed by atoms with Gasteiger partial charge in [0.2, 0.25) is 5.91 Å². The van der Waals surface area contributed by atoms with Gasteiger partial charge in [-0.15, -0.1) is 10.2 Å². The first-order valence-electron chi connectivity index (χ1n) is 10.8. The maximum absolute atomic E-state index is 14.5. The molecule has 4 aromatic rings. The summed E-state index contributed by atoms with van der Waals surface area (Å²) in [5, 5.41) is 10.3. The van der Waals surface area contributed by atoms with Crippen molar-refractivity contribution in [2.45, 2.75) is 24.4 Å². The van der Waals surface area contributed by atoms with Crippen LogP contribution in [-0.4, -0.2) is 26.4 Å². The SMILES string of the molecule is Cc1ccc(-n2c(SCC(=O)Nc3cc(C(F)(F)F)cc(C(F)(F)F)c3)nnc2-c2ccccc2F)cc1. The Bertz CT molecular complexity index is 1430. The largest absolute Gasteiger partial charge is 0.416 e.